The van der Waals surface area contributed by atoms with Gasteiger partial charge >= 0.3 is 0 Å². The number of para-hydroxylation sites is 3. The number of hydrogen-bond acceptors (Lipinski definition) is 2. The molecule has 0 saturated heterocycles. The van der Waals surface area contributed by atoms with Crippen LogP contribution in [0, 0.1) is 0 Å². The maximum Gasteiger partial charge on any atom is 0.137 e. The van der Waals surface area contributed by atoms with Crippen LogP contribution in [0.5, 0.6) is 0 Å². The molecule has 2 aromatic heterocycles. The average molecular weight is 703 g/mol. The Balaban J connectivity index is 1.16. The van der Waals surface area contributed by atoms with Gasteiger partial charge in [0.2, 0.25) is 0 Å². The zero-order valence-corrected chi connectivity index (χ0v) is 29.9. The molecule has 55 heavy (non-hydrogen) atoms. The summed E-state index contributed by atoms with van der Waals surface area (Å²) in [7, 11) is 0. The van der Waals surface area contributed by atoms with Crippen molar-refractivity contribution >= 4 is 71.6 Å². The molecular weight excluding hydrogens is 669 g/mol. The first kappa shape index (κ1) is 31.2. The minimum atomic E-state index is 0.864. The number of anilines is 3. The van der Waals surface area contributed by atoms with Gasteiger partial charge in [-0.3, -0.25) is 0 Å². The molecule has 0 atom stereocenters. The molecule has 0 amide bonds. The molecule has 9 aromatic carbocycles. The van der Waals surface area contributed by atoms with Gasteiger partial charge in [-0.25, -0.2) is 0 Å². The predicted molar refractivity (Wildman–Crippen MR) is 231 cm³/mol. The summed E-state index contributed by atoms with van der Waals surface area (Å²) in [6, 6.07) is 74.0. The van der Waals surface area contributed by atoms with Crippen LogP contribution < -0.4 is 4.90 Å². The standard InChI is InChI=1S/C52H34N2O/c1-3-15-35(16-4-1)42-23-9-11-26-47(42)53(41-29-30-45-44-24-10-12-28-50(44)55-51(45)34-41)40-22-13-19-38(31-40)43-25-14-27-48-52(43)46-32-36-17-7-8-18-37(36)33-49(46)54(48)39-20-5-2-6-21-39/h1-34H. The van der Waals surface area contributed by atoms with Crippen molar-refractivity contribution in [2.45, 2.75) is 0 Å². The van der Waals surface area contributed by atoms with Crippen molar-refractivity contribution in [2.75, 3.05) is 4.90 Å². The molecule has 0 aliphatic rings. The summed E-state index contributed by atoms with van der Waals surface area (Å²) in [5.74, 6) is 0. The molecule has 0 aliphatic carbocycles. The second-order valence-electron chi connectivity index (χ2n) is 14.1. The van der Waals surface area contributed by atoms with Gasteiger partial charge in [-0.1, -0.05) is 133 Å². The molecular formula is C52H34N2O. The quantitative estimate of drug-likeness (QED) is 0.172. The smallest absolute Gasteiger partial charge is 0.137 e. The molecule has 0 aliphatic heterocycles. The fourth-order valence-electron chi connectivity index (χ4n) is 8.47. The van der Waals surface area contributed by atoms with E-state index in [4.69, 9.17) is 4.42 Å². The van der Waals surface area contributed by atoms with E-state index in [9.17, 15) is 0 Å². The highest BCUT2D eigenvalue weighted by molar-refractivity contribution is 6.19. The van der Waals surface area contributed by atoms with Crippen molar-refractivity contribution in [3.8, 4) is 27.9 Å². The molecule has 0 spiro atoms. The second kappa shape index (κ2) is 12.6. The summed E-state index contributed by atoms with van der Waals surface area (Å²) in [5, 5.41) is 7.17. The van der Waals surface area contributed by atoms with Crippen molar-refractivity contribution in [3.05, 3.63) is 206 Å². The van der Waals surface area contributed by atoms with Crippen LogP contribution in [0.15, 0.2) is 211 Å². The van der Waals surface area contributed by atoms with Gasteiger partial charge in [-0.2, -0.15) is 0 Å². The van der Waals surface area contributed by atoms with E-state index in [1.54, 1.807) is 0 Å². The van der Waals surface area contributed by atoms with Crippen LogP contribution in [-0.4, -0.2) is 4.57 Å². The van der Waals surface area contributed by atoms with Crippen LogP contribution in [0.4, 0.5) is 17.1 Å². The Morgan fingerprint density at radius 2 is 1.04 bits per heavy atom. The first-order valence-electron chi connectivity index (χ1n) is 18.8. The maximum absolute atomic E-state index is 6.45. The monoisotopic (exact) mass is 702 g/mol. The maximum atomic E-state index is 6.45. The molecule has 11 rings (SSSR count). The Morgan fingerprint density at radius 1 is 0.382 bits per heavy atom. The lowest BCUT2D eigenvalue weighted by Gasteiger charge is -2.28. The molecule has 11 aromatic rings. The molecule has 0 N–H and O–H groups in total. The normalized spacial score (nSPS) is 11.6. The average Bonchev–Trinajstić information content (AvgIpc) is 3.79. The summed E-state index contributed by atoms with van der Waals surface area (Å²) in [4.78, 5) is 2.37. The van der Waals surface area contributed by atoms with Crippen LogP contribution in [0.3, 0.4) is 0 Å². The Bertz CT molecular complexity index is 3210. The van der Waals surface area contributed by atoms with Gasteiger partial charge in [0, 0.05) is 50.2 Å². The first-order valence-corrected chi connectivity index (χ1v) is 18.8. The number of nitrogens with zero attached hydrogens (tertiary/aromatic N) is 2. The predicted octanol–water partition coefficient (Wildman–Crippen LogP) is 14.6. The van der Waals surface area contributed by atoms with Crippen LogP contribution in [0.2, 0.25) is 0 Å². The minimum absolute atomic E-state index is 0.864. The van der Waals surface area contributed by atoms with Gasteiger partial charge < -0.3 is 13.9 Å². The second-order valence-corrected chi connectivity index (χ2v) is 14.1. The Morgan fingerprint density at radius 3 is 1.91 bits per heavy atom. The summed E-state index contributed by atoms with van der Waals surface area (Å²) in [5.41, 5.74) is 13.1. The van der Waals surface area contributed by atoms with Crippen LogP contribution >= 0.6 is 0 Å². The molecule has 3 nitrogen and oxygen atoms in total. The number of rotatable bonds is 6. The van der Waals surface area contributed by atoms with Gasteiger partial charge in [0.15, 0.2) is 0 Å². The fraction of sp³-hybridized carbons (Fsp3) is 0. The number of benzene rings is 9. The molecule has 0 unspecified atom stereocenters. The third-order valence-corrected chi connectivity index (χ3v) is 10.9. The first-order chi connectivity index (χ1) is 27.3. The highest BCUT2D eigenvalue weighted by Gasteiger charge is 2.21. The number of hydrogen-bond donors (Lipinski definition) is 0. The zero-order valence-electron chi connectivity index (χ0n) is 29.9. The summed E-state index contributed by atoms with van der Waals surface area (Å²) in [6.07, 6.45) is 0. The highest BCUT2D eigenvalue weighted by Crippen LogP contribution is 2.45. The largest absolute Gasteiger partial charge is 0.456 e. The lowest BCUT2D eigenvalue weighted by molar-refractivity contribution is 0.669. The van der Waals surface area contributed by atoms with Gasteiger partial charge in [0.1, 0.15) is 11.2 Å². The Kier molecular flexibility index (Phi) is 7.17. The van der Waals surface area contributed by atoms with E-state index >= 15 is 0 Å². The van der Waals surface area contributed by atoms with Crippen LogP contribution in [0.25, 0.3) is 82.5 Å². The highest BCUT2D eigenvalue weighted by atomic mass is 16.3. The van der Waals surface area contributed by atoms with Crippen LogP contribution in [0.1, 0.15) is 0 Å². The van der Waals surface area contributed by atoms with Gasteiger partial charge in [0.05, 0.1) is 16.7 Å². The Hall–Kier alpha value is -7.36. The summed E-state index contributed by atoms with van der Waals surface area (Å²) < 4.78 is 8.86. The molecule has 2 heterocycles. The third-order valence-electron chi connectivity index (χ3n) is 10.9. The Labute approximate surface area is 318 Å². The topological polar surface area (TPSA) is 21.3 Å². The van der Waals surface area contributed by atoms with Crippen molar-refractivity contribution in [1.29, 1.82) is 0 Å². The van der Waals surface area contributed by atoms with E-state index in [1.807, 2.05) is 12.1 Å². The molecule has 0 saturated carbocycles. The number of aromatic nitrogens is 1. The number of furan rings is 1. The van der Waals surface area contributed by atoms with Crippen molar-refractivity contribution in [3.63, 3.8) is 0 Å². The number of fused-ring (bicyclic) bond motifs is 7. The van der Waals surface area contributed by atoms with Gasteiger partial charge in [0.25, 0.3) is 0 Å². The zero-order chi connectivity index (χ0) is 36.3. The van der Waals surface area contributed by atoms with E-state index in [2.05, 4.69) is 204 Å². The molecule has 3 heteroatoms. The molecule has 0 fully saturated rings. The minimum Gasteiger partial charge on any atom is -0.456 e. The fourth-order valence-corrected chi connectivity index (χ4v) is 8.47. The SMILES string of the molecule is c1ccc(-c2ccccc2N(c2cccc(-c3cccc4c3c3cc5ccccc5cc3n4-c3ccccc3)c2)c2ccc3c(c2)oc2ccccc23)cc1. The van der Waals surface area contributed by atoms with E-state index in [0.717, 1.165) is 61.4 Å². The molecule has 0 bridgehead atoms. The summed E-state index contributed by atoms with van der Waals surface area (Å²) >= 11 is 0. The summed E-state index contributed by atoms with van der Waals surface area (Å²) in [6.45, 7) is 0. The van der Waals surface area contributed by atoms with Crippen molar-refractivity contribution in [1.82, 2.24) is 4.57 Å². The molecule has 0 radical (unpaired) electrons. The van der Waals surface area contributed by atoms with Gasteiger partial charge in [-0.05, 0) is 94.2 Å². The van der Waals surface area contributed by atoms with E-state index < -0.39 is 0 Å². The van der Waals surface area contributed by atoms with E-state index in [-0.39, 0.29) is 0 Å². The lowest BCUT2D eigenvalue weighted by atomic mass is 9.97. The third kappa shape index (κ3) is 5.13. The van der Waals surface area contributed by atoms with Crippen LogP contribution in [-0.2, 0) is 0 Å². The molecule has 258 valence electrons. The van der Waals surface area contributed by atoms with Crippen molar-refractivity contribution in [2.24, 2.45) is 0 Å². The van der Waals surface area contributed by atoms with Crippen molar-refractivity contribution < 1.29 is 4.42 Å². The van der Waals surface area contributed by atoms with Gasteiger partial charge in [-0.15, -0.1) is 0 Å². The lowest BCUT2D eigenvalue weighted by Crippen LogP contribution is -2.11. The van der Waals surface area contributed by atoms with E-state index in [1.165, 1.54) is 38.1 Å². The van der Waals surface area contributed by atoms with E-state index in [0.29, 0.717) is 0 Å².